The zero-order valence-electron chi connectivity index (χ0n) is 11.5. The maximum Gasteiger partial charge on any atom is 0.248 e. The summed E-state index contributed by atoms with van der Waals surface area (Å²) in [6.07, 6.45) is -0.535. The summed E-state index contributed by atoms with van der Waals surface area (Å²) in [5.74, 6) is -0.302. The lowest BCUT2D eigenvalue weighted by Crippen LogP contribution is -2.39. The van der Waals surface area contributed by atoms with Crippen molar-refractivity contribution in [2.45, 2.75) is 25.9 Å². The first-order valence-corrected chi connectivity index (χ1v) is 6.43. The van der Waals surface area contributed by atoms with E-state index in [0.29, 0.717) is 13.0 Å². The molecule has 0 saturated heterocycles. The third kappa shape index (κ3) is 5.71. The summed E-state index contributed by atoms with van der Waals surface area (Å²) in [5.41, 5.74) is 5.91. The van der Waals surface area contributed by atoms with E-state index in [1.54, 1.807) is 0 Å². The van der Waals surface area contributed by atoms with Crippen molar-refractivity contribution in [1.29, 1.82) is 0 Å². The Morgan fingerprint density at radius 3 is 2.75 bits per heavy atom. The molecular formula is C14H20N2O4. The first-order valence-electron chi connectivity index (χ1n) is 6.43. The minimum atomic E-state index is -1.35. The molecule has 2 amide bonds. The fourth-order valence-electron chi connectivity index (χ4n) is 1.53. The largest absolute Gasteiger partial charge is 0.493 e. The Labute approximate surface area is 117 Å². The van der Waals surface area contributed by atoms with Crippen molar-refractivity contribution in [1.82, 2.24) is 5.32 Å². The van der Waals surface area contributed by atoms with Gasteiger partial charge in [0, 0.05) is 6.42 Å². The summed E-state index contributed by atoms with van der Waals surface area (Å²) in [6, 6.07) is 7.64. The molecule has 0 aromatic heterocycles. The molecule has 6 heteroatoms. The van der Waals surface area contributed by atoms with Gasteiger partial charge in [-0.2, -0.15) is 0 Å². The smallest absolute Gasteiger partial charge is 0.248 e. The molecule has 0 bridgehead atoms. The third-order valence-corrected chi connectivity index (χ3v) is 2.72. The highest BCUT2D eigenvalue weighted by Gasteiger charge is 2.11. The Hall–Kier alpha value is -2.08. The van der Waals surface area contributed by atoms with E-state index < -0.39 is 12.0 Å². The first kappa shape index (κ1) is 16.0. The number of benzene rings is 1. The number of aliphatic hydroxyl groups excluding tert-OH is 1. The van der Waals surface area contributed by atoms with Crippen molar-refractivity contribution in [2.75, 3.05) is 13.2 Å². The molecule has 110 valence electrons. The maximum atomic E-state index is 11.4. The number of carbonyl (C=O) groups is 2. The lowest BCUT2D eigenvalue weighted by molar-refractivity contribution is -0.127. The van der Waals surface area contributed by atoms with E-state index in [1.165, 1.54) is 0 Å². The molecule has 0 saturated carbocycles. The van der Waals surface area contributed by atoms with Crippen LogP contribution in [0.5, 0.6) is 5.75 Å². The molecule has 1 atom stereocenters. The predicted octanol–water partition coefficient (Wildman–Crippen LogP) is 0.116. The molecule has 1 unspecified atom stereocenters. The number of aryl methyl sites for hydroxylation is 1. The Morgan fingerprint density at radius 1 is 1.40 bits per heavy atom. The van der Waals surface area contributed by atoms with Gasteiger partial charge in [-0.1, -0.05) is 18.2 Å². The Morgan fingerprint density at radius 2 is 2.10 bits per heavy atom. The zero-order chi connectivity index (χ0) is 15.0. The molecule has 0 aliphatic heterocycles. The number of amides is 2. The number of primary amides is 1. The Bertz CT molecular complexity index is 462. The van der Waals surface area contributed by atoms with Gasteiger partial charge in [0.1, 0.15) is 11.9 Å². The number of ether oxygens (including phenoxy) is 1. The number of para-hydroxylation sites is 1. The standard InChI is InChI=1S/C14H20N2O4/c1-10-5-2-3-6-12(10)20-8-4-7-13(18)16-9-11(17)14(15)19/h2-3,5-6,11,17H,4,7-9H2,1H3,(H2,15,19)(H,16,18). The number of hydrogen-bond donors (Lipinski definition) is 3. The van der Waals surface area contributed by atoms with Crippen molar-refractivity contribution in [3.63, 3.8) is 0 Å². The molecular weight excluding hydrogens is 260 g/mol. The van der Waals surface area contributed by atoms with Crippen molar-refractivity contribution >= 4 is 11.8 Å². The van der Waals surface area contributed by atoms with E-state index in [-0.39, 0.29) is 18.9 Å². The number of hydrogen-bond acceptors (Lipinski definition) is 4. The van der Waals surface area contributed by atoms with Gasteiger partial charge in [-0.05, 0) is 25.0 Å². The van der Waals surface area contributed by atoms with Crippen molar-refractivity contribution < 1.29 is 19.4 Å². The Kier molecular flexibility index (Phi) is 6.52. The fourth-order valence-corrected chi connectivity index (χ4v) is 1.53. The van der Waals surface area contributed by atoms with Gasteiger partial charge in [0.05, 0.1) is 13.2 Å². The van der Waals surface area contributed by atoms with Crippen LogP contribution in [-0.4, -0.2) is 36.2 Å². The number of nitrogens with two attached hydrogens (primary N) is 1. The van der Waals surface area contributed by atoms with Crippen LogP contribution in [0.15, 0.2) is 24.3 Å². The van der Waals surface area contributed by atoms with E-state index >= 15 is 0 Å². The van der Waals surface area contributed by atoms with Gasteiger partial charge >= 0.3 is 0 Å². The van der Waals surface area contributed by atoms with Gasteiger partial charge in [-0.25, -0.2) is 0 Å². The molecule has 1 rings (SSSR count). The fraction of sp³-hybridized carbons (Fsp3) is 0.429. The summed E-state index contributed by atoms with van der Waals surface area (Å²) < 4.78 is 5.55. The average molecular weight is 280 g/mol. The van der Waals surface area contributed by atoms with Gasteiger partial charge < -0.3 is 20.9 Å². The summed E-state index contributed by atoms with van der Waals surface area (Å²) in [4.78, 5) is 22.0. The van der Waals surface area contributed by atoms with Crippen molar-refractivity contribution in [3.05, 3.63) is 29.8 Å². The van der Waals surface area contributed by atoms with Crippen LogP contribution in [0, 0.1) is 6.92 Å². The topological polar surface area (TPSA) is 102 Å². The van der Waals surface area contributed by atoms with Gasteiger partial charge in [-0.3, -0.25) is 9.59 Å². The van der Waals surface area contributed by atoms with E-state index in [4.69, 9.17) is 15.6 Å². The van der Waals surface area contributed by atoms with Crippen LogP contribution < -0.4 is 15.8 Å². The van der Waals surface area contributed by atoms with Gasteiger partial charge in [0.15, 0.2) is 0 Å². The molecule has 0 aliphatic carbocycles. The SMILES string of the molecule is Cc1ccccc1OCCCC(=O)NCC(O)C(N)=O. The number of rotatable bonds is 8. The van der Waals surface area contributed by atoms with Gasteiger partial charge in [-0.15, -0.1) is 0 Å². The van der Waals surface area contributed by atoms with Crippen LogP contribution >= 0.6 is 0 Å². The molecule has 0 spiro atoms. The molecule has 4 N–H and O–H groups in total. The van der Waals surface area contributed by atoms with E-state index in [1.807, 2.05) is 31.2 Å². The molecule has 0 radical (unpaired) electrons. The van der Waals surface area contributed by atoms with Crippen molar-refractivity contribution in [3.8, 4) is 5.75 Å². The molecule has 0 aliphatic rings. The minimum Gasteiger partial charge on any atom is -0.493 e. The van der Waals surface area contributed by atoms with Crippen LogP contribution in [0.25, 0.3) is 0 Å². The second kappa shape index (κ2) is 8.16. The van der Waals surface area contributed by atoms with Crippen LogP contribution in [-0.2, 0) is 9.59 Å². The quantitative estimate of drug-likeness (QED) is 0.588. The number of aliphatic hydroxyl groups is 1. The third-order valence-electron chi connectivity index (χ3n) is 2.72. The van der Waals surface area contributed by atoms with Crippen LogP contribution in [0.4, 0.5) is 0 Å². The zero-order valence-corrected chi connectivity index (χ0v) is 11.5. The van der Waals surface area contributed by atoms with E-state index in [9.17, 15) is 9.59 Å². The summed E-state index contributed by atoms with van der Waals surface area (Å²) in [7, 11) is 0. The minimum absolute atomic E-state index is 0.160. The predicted molar refractivity (Wildman–Crippen MR) is 74.1 cm³/mol. The number of carbonyl (C=O) groups excluding carboxylic acids is 2. The summed E-state index contributed by atoms with van der Waals surface area (Å²) in [6.45, 7) is 2.22. The average Bonchev–Trinajstić information content (AvgIpc) is 2.42. The van der Waals surface area contributed by atoms with Gasteiger partial charge in [0.25, 0.3) is 0 Å². The normalized spacial score (nSPS) is 11.7. The first-order chi connectivity index (χ1) is 9.50. The highest BCUT2D eigenvalue weighted by atomic mass is 16.5. The molecule has 0 heterocycles. The highest BCUT2D eigenvalue weighted by Crippen LogP contribution is 2.16. The number of nitrogens with one attached hydrogen (secondary N) is 1. The molecule has 6 nitrogen and oxygen atoms in total. The Balaban J connectivity index is 2.16. The van der Waals surface area contributed by atoms with E-state index in [0.717, 1.165) is 11.3 Å². The maximum absolute atomic E-state index is 11.4. The highest BCUT2D eigenvalue weighted by molar-refractivity contribution is 5.80. The molecule has 20 heavy (non-hydrogen) atoms. The second-order valence-electron chi connectivity index (χ2n) is 4.44. The lowest BCUT2D eigenvalue weighted by Gasteiger charge is -2.10. The van der Waals surface area contributed by atoms with Crippen molar-refractivity contribution in [2.24, 2.45) is 5.73 Å². The van der Waals surface area contributed by atoms with Crippen LogP contribution in [0.1, 0.15) is 18.4 Å². The van der Waals surface area contributed by atoms with Gasteiger partial charge in [0.2, 0.25) is 11.8 Å². The molecule has 1 aromatic rings. The van der Waals surface area contributed by atoms with Crippen LogP contribution in [0.3, 0.4) is 0 Å². The molecule has 0 fully saturated rings. The summed E-state index contributed by atoms with van der Waals surface area (Å²) in [5, 5.41) is 11.5. The van der Waals surface area contributed by atoms with Crippen LogP contribution in [0.2, 0.25) is 0 Å². The van der Waals surface area contributed by atoms with E-state index in [2.05, 4.69) is 5.32 Å². The monoisotopic (exact) mass is 280 g/mol. The molecule has 1 aromatic carbocycles. The lowest BCUT2D eigenvalue weighted by atomic mass is 10.2. The second-order valence-corrected chi connectivity index (χ2v) is 4.44. The summed E-state index contributed by atoms with van der Waals surface area (Å²) >= 11 is 0.